The van der Waals surface area contributed by atoms with Crippen molar-refractivity contribution in [3.8, 4) is 0 Å². The summed E-state index contributed by atoms with van der Waals surface area (Å²) in [6.07, 6.45) is 3.80. The van der Waals surface area contributed by atoms with Crippen LogP contribution >= 0.6 is 11.6 Å². The molecule has 41 heavy (non-hydrogen) atoms. The highest BCUT2D eigenvalue weighted by molar-refractivity contribution is 7.92. The van der Waals surface area contributed by atoms with Gasteiger partial charge in [0.25, 0.3) is 15.9 Å². The van der Waals surface area contributed by atoms with Crippen LogP contribution in [0, 0.1) is 17.8 Å². The fraction of sp³-hybridized carbons (Fsp3) is 0.242. The molecule has 3 aliphatic rings. The number of rotatable bonds is 6. The molecule has 5 atom stereocenters. The Morgan fingerprint density at radius 2 is 1.61 bits per heavy atom. The second kappa shape index (κ2) is 10.2. The van der Waals surface area contributed by atoms with Gasteiger partial charge in [-0.1, -0.05) is 48.0 Å². The molecule has 3 N–H and O–H groups in total. The number of carbonyl (C=O) groups is 1. The van der Waals surface area contributed by atoms with E-state index < -0.39 is 10.0 Å². The Balaban J connectivity index is 1.10. The summed E-state index contributed by atoms with van der Waals surface area (Å²) in [6, 6.07) is 29.6. The topological polar surface area (TPSA) is 87.3 Å². The normalized spacial score (nSPS) is 24.2. The number of fused-ring (bicyclic) bond motifs is 7. The second-order valence-corrected chi connectivity index (χ2v) is 13.5. The van der Waals surface area contributed by atoms with E-state index in [0.717, 1.165) is 5.69 Å². The van der Waals surface area contributed by atoms with Crippen molar-refractivity contribution in [3.63, 3.8) is 0 Å². The molecule has 0 radical (unpaired) electrons. The number of hydrogen-bond acceptors (Lipinski definition) is 4. The van der Waals surface area contributed by atoms with E-state index in [0.29, 0.717) is 45.6 Å². The van der Waals surface area contributed by atoms with Gasteiger partial charge in [-0.25, -0.2) is 8.42 Å². The molecule has 1 amide bonds. The van der Waals surface area contributed by atoms with Crippen molar-refractivity contribution in [2.45, 2.75) is 36.1 Å². The van der Waals surface area contributed by atoms with E-state index in [1.54, 1.807) is 36.4 Å². The van der Waals surface area contributed by atoms with Crippen LogP contribution in [0.25, 0.3) is 0 Å². The summed E-state index contributed by atoms with van der Waals surface area (Å²) in [5.41, 5.74) is 5.20. The van der Waals surface area contributed by atoms with Gasteiger partial charge in [0.05, 0.1) is 16.6 Å². The number of halogens is 1. The lowest BCUT2D eigenvalue weighted by Gasteiger charge is -2.43. The smallest absolute Gasteiger partial charge is 0.261 e. The van der Waals surface area contributed by atoms with Crippen LogP contribution in [0.1, 0.15) is 52.7 Å². The van der Waals surface area contributed by atoms with Crippen molar-refractivity contribution in [2.24, 2.45) is 17.8 Å². The zero-order chi connectivity index (χ0) is 28.1. The molecule has 8 heteroatoms. The van der Waals surface area contributed by atoms with Crippen LogP contribution in [0.4, 0.5) is 17.1 Å². The van der Waals surface area contributed by atoms with Crippen molar-refractivity contribution >= 4 is 44.6 Å². The minimum absolute atomic E-state index is 0.0885. The molecule has 6 nitrogen and oxygen atoms in total. The van der Waals surface area contributed by atoms with Crippen molar-refractivity contribution in [1.82, 2.24) is 0 Å². The van der Waals surface area contributed by atoms with Gasteiger partial charge in [-0.15, -0.1) is 0 Å². The first-order valence-electron chi connectivity index (χ1n) is 14.0. The number of sulfonamides is 1. The molecule has 4 aromatic rings. The first-order valence-corrected chi connectivity index (χ1v) is 15.9. The maximum atomic E-state index is 13.3. The highest BCUT2D eigenvalue weighted by atomic mass is 35.5. The summed E-state index contributed by atoms with van der Waals surface area (Å²) >= 11 is 5.97. The first-order chi connectivity index (χ1) is 19.9. The van der Waals surface area contributed by atoms with E-state index in [1.165, 1.54) is 42.5 Å². The van der Waals surface area contributed by atoms with Crippen LogP contribution in [-0.2, 0) is 10.0 Å². The fourth-order valence-electron chi connectivity index (χ4n) is 7.30. The molecule has 7 rings (SSSR count). The largest absolute Gasteiger partial charge is 0.378 e. The van der Waals surface area contributed by atoms with Crippen LogP contribution in [0.2, 0.25) is 5.02 Å². The Hall–Kier alpha value is -3.81. The average molecular weight is 584 g/mol. The van der Waals surface area contributed by atoms with Gasteiger partial charge in [-0.2, -0.15) is 0 Å². The summed E-state index contributed by atoms with van der Waals surface area (Å²) in [6.45, 7) is 0. The van der Waals surface area contributed by atoms with Crippen molar-refractivity contribution in [3.05, 3.63) is 119 Å². The molecule has 2 aliphatic carbocycles. The van der Waals surface area contributed by atoms with E-state index in [9.17, 15) is 13.2 Å². The first kappa shape index (κ1) is 26.1. The minimum atomic E-state index is -3.80. The Labute approximate surface area is 245 Å². The molecular formula is C33H30ClN3O3S. The van der Waals surface area contributed by atoms with E-state index in [-0.39, 0.29) is 16.8 Å². The molecule has 2 saturated carbocycles. The van der Waals surface area contributed by atoms with Gasteiger partial charge in [0.15, 0.2) is 0 Å². The minimum Gasteiger partial charge on any atom is -0.378 e. The third-order valence-corrected chi connectivity index (χ3v) is 10.6. The van der Waals surface area contributed by atoms with Gasteiger partial charge in [-0.3, -0.25) is 9.52 Å². The number of nitrogens with one attached hydrogen (secondary N) is 3. The predicted octanol–water partition coefficient (Wildman–Crippen LogP) is 7.69. The van der Waals surface area contributed by atoms with E-state index in [4.69, 9.17) is 11.6 Å². The maximum Gasteiger partial charge on any atom is 0.261 e. The standard InChI is InChI=1S/C33H30ClN3O3S/c34-24-7-4-8-26(19-24)37-41(39,40)27-14-12-25(13-15-27)35-33(38)23-11-16-29-28(18-23)30-21-9-10-22(17-21)31(30)32(36-29)20-5-2-1-3-6-20/h1-8,11-16,18-19,21-22,30-32,36-37H,9-10,17H2,(H,35,38)/t21-,22-,30-,31-,32+/m0/s1. The summed E-state index contributed by atoms with van der Waals surface area (Å²) in [5.74, 6) is 2.11. The van der Waals surface area contributed by atoms with Gasteiger partial charge >= 0.3 is 0 Å². The Kier molecular flexibility index (Phi) is 6.51. The van der Waals surface area contributed by atoms with Gasteiger partial charge in [-0.05, 0) is 115 Å². The molecule has 1 heterocycles. The molecule has 4 aromatic carbocycles. The third kappa shape index (κ3) is 4.87. The predicted molar refractivity (Wildman–Crippen MR) is 163 cm³/mol. The van der Waals surface area contributed by atoms with E-state index >= 15 is 0 Å². The summed E-state index contributed by atoms with van der Waals surface area (Å²) in [7, 11) is -3.80. The lowest BCUT2D eigenvalue weighted by atomic mass is 9.68. The van der Waals surface area contributed by atoms with Gasteiger partial charge in [0, 0.05) is 22.0 Å². The zero-order valence-electron chi connectivity index (χ0n) is 22.3. The van der Waals surface area contributed by atoms with Crippen molar-refractivity contribution in [1.29, 1.82) is 0 Å². The Morgan fingerprint density at radius 3 is 2.39 bits per heavy atom. The number of anilines is 3. The van der Waals surface area contributed by atoms with E-state index in [1.807, 2.05) is 12.1 Å². The lowest BCUT2D eigenvalue weighted by molar-refractivity contribution is 0.102. The maximum absolute atomic E-state index is 13.3. The Bertz CT molecular complexity index is 1730. The molecule has 0 aromatic heterocycles. The van der Waals surface area contributed by atoms with Gasteiger partial charge in [0.1, 0.15) is 0 Å². The van der Waals surface area contributed by atoms with Crippen LogP contribution in [-0.4, -0.2) is 14.3 Å². The molecule has 208 valence electrons. The highest BCUT2D eigenvalue weighted by Gasteiger charge is 2.53. The number of benzene rings is 4. The number of amides is 1. The average Bonchev–Trinajstić information content (AvgIpc) is 3.60. The Morgan fingerprint density at radius 1 is 0.829 bits per heavy atom. The number of hydrogen-bond donors (Lipinski definition) is 3. The number of carbonyl (C=O) groups excluding carboxylic acids is 1. The molecule has 0 unspecified atom stereocenters. The zero-order valence-corrected chi connectivity index (χ0v) is 23.8. The second-order valence-electron chi connectivity index (χ2n) is 11.4. The fourth-order valence-corrected chi connectivity index (χ4v) is 8.54. The quantitative estimate of drug-likeness (QED) is 0.217. The SMILES string of the molecule is O=C(Nc1ccc(S(=O)(=O)Nc2cccc(Cl)c2)cc1)c1ccc2c(c1)[C@@H]1[C@H]3CC[C@@H](C3)[C@@H]1[C@@H](c1ccccc1)N2. The van der Waals surface area contributed by atoms with Crippen molar-refractivity contribution in [2.75, 3.05) is 15.4 Å². The van der Waals surface area contributed by atoms with Crippen LogP contribution in [0.5, 0.6) is 0 Å². The molecule has 1 aliphatic heterocycles. The van der Waals surface area contributed by atoms with Crippen LogP contribution in [0.3, 0.4) is 0 Å². The van der Waals surface area contributed by atoms with Crippen molar-refractivity contribution < 1.29 is 13.2 Å². The third-order valence-electron chi connectivity index (χ3n) is 9.01. The van der Waals surface area contributed by atoms with Gasteiger partial charge in [0.2, 0.25) is 0 Å². The molecule has 0 saturated heterocycles. The molecule has 2 fully saturated rings. The summed E-state index contributed by atoms with van der Waals surface area (Å²) in [4.78, 5) is 13.4. The van der Waals surface area contributed by atoms with Crippen LogP contribution in [0.15, 0.2) is 102 Å². The molecule has 2 bridgehead atoms. The highest BCUT2D eigenvalue weighted by Crippen LogP contribution is 2.63. The van der Waals surface area contributed by atoms with Crippen LogP contribution < -0.4 is 15.4 Å². The summed E-state index contributed by atoms with van der Waals surface area (Å²) in [5, 5.41) is 7.20. The molecular weight excluding hydrogens is 554 g/mol. The monoisotopic (exact) mass is 583 g/mol. The lowest BCUT2D eigenvalue weighted by Crippen LogP contribution is -2.35. The van der Waals surface area contributed by atoms with E-state index in [2.05, 4.69) is 51.8 Å². The van der Waals surface area contributed by atoms with Gasteiger partial charge < -0.3 is 10.6 Å². The molecule has 0 spiro atoms. The summed E-state index contributed by atoms with van der Waals surface area (Å²) < 4.78 is 28.2.